The molecule has 5 heteroatoms. The number of carbonyl (C=O) groups excluding carboxylic acids is 1. The molecule has 130 valence electrons. The molecule has 2 atom stereocenters. The van der Waals surface area contributed by atoms with Crippen molar-refractivity contribution in [3.8, 4) is 0 Å². The number of fused-ring (bicyclic) bond motifs is 1. The van der Waals surface area contributed by atoms with Crippen molar-refractivity contribution >= 4 is 40.8 Å². The van der Waals surface area contributed by atoms with E-state index in [1.54, 1.807) is 11.8 Å². The molecule has 0 aromatic heterocycles. The monoisotopic (exact) mass is 364 g/mol. The molecular formula is C19H25ClN2OS. The number of carbonyl (C=O) groups is 1. The van der Waals surface area contributed by atoms with Gasteiger partial charge in [0.05, 0.1) is 5.75 Å². The van der Waals surface area contributed by atoms with Gasteiger partial charge >= 0.3 is 0 Å². The SMILES string of the molecule is CC(N)C1CCCN(C(=O)CSc2ccc3ccccc3c2)C1.Cl. The Kier molecular flexibility index (Phi) is 6.96. The number of halogens is 1. The van der Waals surface area contributed by atoms with Crippen LogP contribution >= 0.6 is 24.2 Å². The van der Waals surface area contributed by atoms with Gasteiger partial charge in [-0.25, -0.2) is 0 Å². The van der Waals surface area contributed by atoms with Gasteiger partial charge in [0.2, 0.25) is 5.91 Å². The van der Waals surface area contributed by atoms with Crippen LogP contribution in [-0.2, 0) is 4.79 Å². The predicted molar refractivity (Wildman–Crippen MR) is 105 cm³/mol. The molecule has 2 unspecified atom stereocenters. The number of hydrogen-bond acceptors (Lipinski definition) is 3. The minimum atomic E-state index is 0. The molecule has 0 bridgehead atoms. The van der Waals surface area contributed by atoms with E-state index in [-0.39, 0.29) is 24.4 Å². The quantitative estimate of drug-likeness (QED) is 0.836. The number of amides is 1. The average molecular weight is 365 g/mol. The molecule has 0 aliphatic carbocycles. The van der Waals surface area contributed by atoms with Gasteiger partial charge in [0.15, 0.2) is 0 Å². The van der Waals surface area contributed by atoms with Crippen molar-refractivity contribution in [1.29, 1.82) is 0 Å². The highest BCUT2D eigenvalue weighted by molar-refractivity contribution is 8.00. The molecule has 2 N–H and O–H groups in total. The normalized spacial score (nSPS) is 18.9. The van der Waals surface area contributed by atoms with Crippen molar-refractivity contribution in [3.63, 3.8) is 0 Å². The molecule has 1 saturated heterocycles. The summed E-state index contributed by atoms with van der Waals surface area (Å²) in [5.74, 6) is 1.18. The summed E-state index contributed by atoms with van der Waals surface area (Å²) in [6, 6.07) is 14.9. The van der Waals surface area contributed by atoms with E-state index in [4.69, 9.17) is 5.73 Å². The highest BCUT2D eigenvalue weighted by Gasteiger charge is 2.25. The van der Waals surface area contributed by atoms with E-state index in [9.17, 15) is 4.79 Å². The molecular weight excluding hydrogens is 340 g/mol. The van der Waals surface area contributed by atoms with Crippen molar-refractivity contribution in [2.45, 2.75) is 30.7 Å². The zero-order valence-electron chi connectivity index (χ0n) is 14.0. The Morgan fingerprint density at radius 1 is 1.29 bits per heavy atom. The molecule has 0 radical (unpaired) electrons. The maximum absolute atomic E-state index is 12.5. The molecule has 3 nitrogen and oxygen atoms in total. The lowest BCUT2D eigenvalue weighted by Crippen LogP contribution is -2.45. The highest BCUT2D eigenvalue weighted by Crippen LogP contribution is 2.25. The first-order valence-electron chi connectivity index (χ1n) is 8.28. The number of rotatable bonds is 4. The smallest absolute Gasteiger partial charge is 0.232 e. The minimum absolute atomic E-state index is 0. The van der Waals surface area contributed by atoms with Gasteiger partial charge in [-0.3, -0.25) is 4.79 Å². The first-order chi connectivity index (χ1) is 11.1. The van der Waals surface area contributed by atoms with Crippen molar-refractivity contribution in [2.75, 3.05) is 18.8 Å². The third-order valence-electron chi connectivity index (χ3n) is 4.64. The number of benzene rings is 2. The van der Waals surface area contributed by atoms with E-state index < -0.39 is 0 Å². The molecule has 3 rings (SSSR count). The Balaban J connectivity index is 0.00000208. The van der Waals surface area contributed by atoms with E-state index in [0.29, 0.717) is 11.7 Å². The molecule has 24 heavy (non-hydrogen) atoms. The van der Waals surface area contributed by atoms with Crippen molar-refractivity contribution in [2.24, 2.45) is 11.7 Å². The standard InChI is InChI=1S/C19H24N2OS.ClH/c1-14(20)17-7-4-10-21(12-17)19(22)13-23-18-9-8-15-5-2-3-6-16(15)11-18;/h2-3,5-6,8-9,11,14,17H,4,7,10,12-13,20H2,1H3;1H. The van der Waals surface area contributed by atoms with Gasteiger partial charge in [-0.15, -0.1) is 24.2 Å². The summed E-state index contributed by atoms with van der Waals surface area (Å²) in [7, 11) is 0. The van der Waals surface area contributed by atoms with Gasteiger partial charge in [-0.2, -0.15) is 0 Å². The zero-order chi connectivity index (χ0) is 16.2. The van der Waals surface area contributed by atoms with Crippen LogP contribution in [0.2, 0.25) is 0 Å². The largest absolute Gasteiger partial charge is 0.342 e. The van der Waals surface area contributed by atoms with Crippen LogP contribution in [0, 0.1) is 5.92 Å². The summed E-state index contributed by atoms with van der Waals surface area (Å²) in [5, 5.41) is 2.46. The zero-order valence-corrected chi connectivity index (χ0v) is 15.6. The van der Waals surface area contributed by atoms with E-state index in [1.165, 1.54) is 10.8 Å². The molecule has 1 fully saturated rings. The van der Waals surface area contributed by atoms with Crippen LogP contribution in [-0.4, -0.2) is 35.7 Å². The van der Waals surface area contributed by atoms with Gasteiger partial charge in [0.25, 0.3) is 0 Å². The van der Waals surface area contributed by atoms with Gasteiger partial charge in [0, 0.05) is 24.0 Å². The van der Waals surface area contributed by atoms with Crippen LogP contribution < -0.4 is 5.73 Å². The van der Waals surface area contributed by atoms with E-state index in [1.807, 2.05) is 24.0 Å². The fourth-order valence-corrected chi connectivity index (χ4v) is 4.01. The van der Waals surface area contributed by atoms with Crippen LogP contribution in [0.25, 0.3) is 10.8 Å². The highest BCUT2D eigenvalue weighted by atomic mass is 35.5. The lowest BCUT2D eigenvalue weighted by atomic mass is 9.92. The van der Waals surface area contributed by atoms with Crippen LogP contribution in [0.4, 0.5) is 0 Å². The molecule has 1 amide bonds. The number of hydrogen-bond donors (Lipinski definition) is 1. The van der Waals surface area contributed by atoms with Crippen LogP contribution in [0.3, 0.4) is 0 Å². The second-order valence-electron chi connectivity index (χ2n) is 6.40. The van der Waals surface area contributed by atoms with Crippen LogP contribution in [0.5, 0.6) is 0 Å². The Bertz CT molecular complexity index is 692. The van der Waals surface area contributed by atoms with E-state index in [2.05, 4.69) is 30.3 Å². The number of likely N-dealkylation sites (tertiary alicyclic amines) is 1. The molecule has 0 saturated carbocycles. The van der Waals surface area contributed by atoms with Gasteiger partial charge in [-0.1, -0.05) is 30.3 Å². The predicted octanol–water partition coefficient (Wildman–Crippen LogP) is 3.94. The van der Waals surface area contributed by atoms with Crippen molar-refractivity contribution < 1.29 is 4.79 Å². The second-order valence-corrected chi connectivity index (χ2v) is 7.45. The minimum Gasteiger partial charge on any atom is -0.342 e. The van der Waals surface area contributed by atoms with Gasteiger partial charge < -0.3 is 10.6 Å². The number of piperidine rings is 1. The molecule has 2 aromatic rings. The fraction of sp³-hybridized carbons (Fsp3) is 0.421. The number of thioether (sulfide) groups is 1. The molecule has 1 aliphatic rings. The van der Waals surface area contributed by atoms with E-state index >= 15 is 0 Å². The Labute approximate surface area is 154 Å². The molecule has 1 heterocycles. The first-order valence-corrected chi connectivity index (χ1v) is 9.27. The topological polar surface area (TPSA) is 46.3 Å². The number of nitrogens with two attached hydrogens (primary N) is 1. The molecule has 0 spiro atoms. The number of nitrogens with zero attached hydrogens (tertiary/aromatic N) is 1. The lowest BCUT2D eigenvalue weighted by Gasteiger charge is -2.34. The fourth-order valence-electron chi connectivity index (χ4n) is 3.16. The summed E-state index contributed by atoms with van der Waals surface area (Å²) in [4.78, 5) is 15.6. The first kappa shape index (κ1) is 19.1. The summed E-state index contributed by atoms with van der Waals surface area (Å²) < 4.78 is 0. The summed E-state index contributed by atoms with van der Waals surface area (Å²) in [6.45, 7) is 3.73. The van der Waals surface area contributed by atoms with Gasteiger partial charge in [-0.05, 0) is 48.6 Å². The second kappa shape index (κ2) is 8.75. The summed E-state index contributed by atoms with van der Waals surface area (Å²) in [6.07, 6.45) is 2.21. The Morgan fingerprint density at radius 2 is 2.04 bits per heavy atom. The molecule has 2 aromatic carbocycles. The average Bonchev–Trinajstić information content (AvgIpc) is 2.59. The van der Waals surface area contributed by atoms with Crippen molar-refractivity contribution in [3.05, 3.63) is 42.5 Å². The Hall–Kier alpha value is -1.23. The Morgan fingerprint density at radius 3 is 2.79 bits per heavy atom. The van der Waals surface area contributed by atoms with E-state index in [0.717, 1.165) is 30.8 Å². The summed E-state index contributed by atoms with van der Waals surface area (Å²) >= 11 is 1.62. The molecule has 1 aliphatic heterocycles. The maximum atomic E-state index is 12.5. The third-order valence-corrected chi connectivity index (χ3v) is 5.62. The third kappa shape index (κ3) is 4.65. The van der Waals surface area contributed by atoms with Crippen LogP contribution in [0.15, 0.2) is 47.4 Å². The van der Waals surface area contributed by atoms with Gasteiger partial charge in [0.1, 0.15) is 0 Å². The van der Waals surface area contributed by atoms with Crippen LogP contribution in [0.1, 0.15) is 19.8 Å². The van der Waals surface area contributed by atoms with Crippen molar-refractivity contribution in [1.82, 2.24) is 4.90 Å². The maximum Gasteiger partial charge on any atom is 0.232 e. The lowest BCUT2D eigenvalue weighted by molar-refractivity contribution is -0.130. The summed E-state index contributed by atoms with van der Waals surface area (Å²) in [5.41, 5.74) is 6.00.